The minimum atomic E-state index is 0.300. The minimum Gasteiger partial charge on any atom is -0.201 e. The van der Waals surface area contributed by atoms with E-state index < -0.39 is 0 Å². The van der Waals surface area contributed by atoms with E-state index in [4.69, 9.17) is 0 Å². The van der Waals surface area contributed by atoms with E-state index in [-0.39, 0.29) is 0 Å². The Bertz CT molecular complexity index is 915. The largest absolute Gasteiger partial charge is 0.212 e. The van der Waals surface area contributed by atoms with Crippen molar-refractivity contribution in [3.63, 3.8) is 0 Å². The Hall–Kier alpha value is -2.41. The number of aryl methyl sites for hydroxylation is 3. The summed E-state index contributed by atoms with van der Waals surface area (Å²) in [4.78, 5) is 0. The number of hydrogen-bond acceptors (Lipinski definition) is 0. The van der Waals surface area contributed by atoms with Crippen LogP contribution in [0, 0.1) is 19.3 Å². The molecule has 0 atom stereocenters. The lowest BCUT2D eigenvalue weighted by Gasteiger charge is -2.17. The normalized spacial score (nSPS) is 11.6. The van der Waals surface area contributed by atoms with Gasteiger partial charge in [0.05, 0.1) is 0 Å². The summed E-state index contributed by atoms with van der Waals surface area (Å²) in [7, 11) is 2.16. The molecule has 0 N–H and O–H groups in total. The molecule has 1 nitrogen and oxygen atoms in total. The Kier molecular flexibility index (Phi) is 5.00. The molecule has 3 aromatic rings. The van der Waals surface area contributed by atoms with Crippen LogP contribution in [0.5, 0.6) is 0 Å². The average molecular weight is 345 g/mol. The predicted octanol–water partition coefficient (Wildman–Crippen LogP) is 6.05. The maximum Gasteiger partial charge on any atom is 0.212 e. The third-order valence-corrected chi connectivity index (χ3v) is 4.86. The molecule has 26 heavy (non-hydrogen) atoms. The lowest BCUT2D eigenvalue weighted by atomic mass is 9.88. The Morgan fingerprint density at radius 3 is 2.08 bits per heavy atom. The Morgan fingerprint density at radius 2 is 1.46 bits per heavy atom. The summed E-state index contributed by atoms with van der Waals surface area (Å²) in [6.07, 6.45) is 3.37. The molecule has 0 unspecified atom stereocenters. The van der Waals surface area contributed by atoms with Gasteiger partial charge in [-0.2, -0.15) is 0 Å². The van der Waals surface area contributed by atoms with Crippen LogP contribution in [0.15, 0.2) is 60.8 Å². The van der Waals surface area contributed by atoms with Crippen LogP contribution < -0.4 is 4.57 Å². The second kappa shape index (κ2) is 7.07. The van der Waals surface area contributed by atoms with Gasteiger partial charge in [-0.1, -0.05) is 57.2 Å². The quantitative estimate of drug-likeness (QED) is 0.509. The highest BCUT2D eigenvalue weighted by atomic mass is 14.9. The van der Waals surface area contributed by atoms with Gasteiger partial charge in [-0.3, -0.25) is 0 Å². The molecule has 0 amide bonds. The molecule has 0 spiro atoms. The maximum atomic E-state index is 2.35. The number of aromatic nitrogens is 1. The van der Waals surface area contributed by atoms with Gasteiger partial charge in [0.1, 0.15) is 7.05 Å². The first kappa shape index (κ1) is 18.4. The van der Waals surface area contributed by atoms with E-state index in [0.29, 0.717) is 5.41 Å². The van der Waals surface area contributed by atoms with E-state index in [2.05, 4.69) is 107 Å². The molecule has 0 radical (unpaired) electrons. The molecule has 0 saturated carbocycles. The van der Waals surface area contributed by atoms with Crippen molar-refractivity contribution in [3.8, 4) is 22.4 Å². The molecule has 0 aliphatic carbocycles. The lowest BCUT2D eigenvalue weighted by Crippen LogP contribution is -2.32. The molecule has 1 heteroatoms. The van der Waals surface area contributed by atoms with Gasteiger partial charge in [-0.25, -0.2) is 4.57 Å². The summed E-state index contributed by atoms with van der Waals surface area (Å²) in [5, 5.41) is 0. The number of hydrogen-bond donors (Lipinski definition) is 0. The number of pyridine rings is 1. The molecule has 1 aromatic heterocycles. The van der Waals surface area contributed by atoms with Crippen LogP contribution in [-0.4, -0.2) is 0 Å². The molecular weight excluding hydrogens is 314 g/mol. The third-order valence-electron chi connectivity index (χ3n) is 4.86. The zero-order chi connectivity index (χ0) is 18.9. The molecular formula is C25H30N+. The second-order valence-corrected chi connectivity index (χ2v) is 8.62. The van der Waals surface area contributed by atoms with Crippen LogP contribution in [0.25, 0.3) is 22.4 Å². The molecule has 1 heterocycles. The van der Waals surface area contributed by atoms with Gasteiger partial charge in [-0.05, 0) is 60.1 Å². The van der Waals surface area contributed by atoms with E-state index in [1.54, 1.807) is 0 Å². The predicted molar refractivity (Wildman–Crippen MR) is 111 cm³/mol. The average Bonchev–Trinajstić information content (AvgIpc) is 2.55. The van der Waals surface area contributed by atoms with E-state index in [1.807, 2.05) is 0 Å². The van der Waals surface area contributed by atoms with Gasteiger partial charge < -0.3 is 0 Å². The highest BCUT2D eigenvalue weighted by molar-refractivity contribution is 5.75. The number of rotatable bonds is 3. The van der Waals surface area contributed by atoms with Crippen LogP contribution in [0.1, 0.15) is 37.5 Å². The van der Waals surface area contributed by atoms with Gasteiger partial charge in [-0.15, -0.1) is 0 Å². The molecule has 0 fully saturated rings. The second-order valence-electron chi connectivity index (χ2n) is 8.62. The summed E-state index contributed by atoms with van der Waals surface area (Å²) in [5.74, 6) is 0. The zero-order valence-corrected chi connectivity index (χ0v) is 16.9. The van der Waals surface area contributed by atoms with Crippen LogP contribution >= 0.6 is 0 Å². The van der Waals surface area contributed by atoms with Crippen molar-refractivity contribution in [1.82, 2.24) is 0 Å². The van der Waals surface area contributed by atoms with Gasteiger partial charge in [0.15, 0.2) is 6.20 Å². The number of nitrogens with zero attached hydrogens (tertiary/aromatic N) is 1. The topological polar surface area (TPSA) is 3.88 Å². The van der Waals surface area contributed by atoms with Crippen molar-refractivity contribution in [2.75, 3.05) is 0 Å². The smallest absolute Gasteiger partial charge is 0.201 e. The van der Waals surface area contributed by atoms with Crippen LogP contribution in [0.3, 0.4) is 0 Å². The van der Waals surface area contributed by atoms with Gasteiger partial charge in [0.2, 0.25) is 5.69 Å². The maximum absolute atomic E-state index is 2.35. The Morgan fingerprint density at radius 1 is 0.808 bits per heavy atom. The fraction of sp³-hybridized carbons (Fsp3) is 0.320. The zero-order valence-electron chi connectivity index (χ0n) is 16.9. The van der Waals surface area contributed by atoms with E-state index in [9.17, 15) is 0 Å². The van der Waals surface area contributed by atoms with Crippen LogP contribution in [0.4, 0.5) is 0 Å². The van der Waals surface area contributed by atoms with Crippen molar-refractivity contribution in [2.45, 2.75) is 41.0 Å². The summed E-state index contributed by atoms with van der Waals surface area (Å²) in [6.45, 7) is 11.3. The van der Waals surface area contributed by atoms with Gasteiger partial charge in [0.25, 0.3) is 0 Å². The monoisotopic (exact) mass is 344 g/mol. The first-order valence-electron chi connectivity index (χ1n) is 9.40. The van der Waals surface area contributed by atoms with Crippen molar-refractivity contribution in [3.05, 3.63) is 77.5 Å². The van der Waals surface area contributed by atoms with Crippen molar-refractivity contribution in [1.29, 1.82) is 0 Å². The summed E-state index contributed by atoms with van der Waals surface area (Å²) in [6, 6.07) is 19.9. The SMILES string of the molecule is Cc1cc(C)c(-c2ccc(CC(C)(C)C)c[n+]2C)cc1-c1ccccc1. The first-order chi connectivity index (χ1) is 12.2. The van der Waals surface area contributed by atoms with Crippen molar-refractivity contribution >= 4 is 0 Å². The summed E-state index contributed by atoms with van der Waals surface area (Å²) < 4.78 is 2.27. The standard InChI is InChI=1S/C25H30N/c1-18-14-19(2)23(15-22(18)21-10-8-7-9-11-21)24-13-12-20(17-26(24)6)16-25(3,4)5/h7-15,17H,16H2,1-6H3/q+1. The fourth-order valence-electron chi connectivity index (χ4n) is 3.72. The van der Waals surface area contributed by atoms with E-state index in [1.165, 1.54) is 39.1 Å². The van der Waals surface area contributed by atoms with Crippen LogP contribution in [0.2, 0.25) is 0 Å². The summed E-state index contributed by atoms with van der Waals surface area (Å²) >= 11 is 0. The Balaban J connectivity index is 2.07. The summed E-state index contributed by atoms with van der Waals surface area (Å²) in [5.41, 5.74) is 9.48. The van der Waals surface area contributed by atoms with Crippen molar-refractivity contribution < 1.29 is 4.57 Å². The Labute approximate surface area is 158 Å². The molecule has 0 aliphatic rings. The van der Waals surface area contributed by atoms with Crippen molar-refractivity contribution in [2.24, 2.45) is 12.5 Å². The molecule has 0 bridgehead atoms. The highest BCUT2D eigenvalue weighted by Crippen LogP contribution is 2.31. The molecule has 0 aliphatic heterocycles. The minimum absolute atomic E-state index is 0.300. The van der Waals surface area contributed by atoms with E-state index >= 15 is 0 Å². The number of benzene rings is 2. The highest BCUT2D eigenvalue weighted by Gasteiger charge is 2.18. The van der Waals surface area contributed by atoms with Gasteiger partial charge in [0, 0.05) is 17.2 Å². The lowest BCUT2D eigenvalue weighted by molar-refractivity contribution is -0.660. The van der Waals surface area contributed by atoms with Gasteiger partial charge >= 0.3 is 0 Å². The van der Waals surface area contributed by atoms with Crippen LogP contribution in [-0.2, 0) is 13.5 Å². The first-order valence-corrected chi connectivity index (χ1v) is 9.40. The third kappa shape index (κ3) is 4.04. The molecule has 0 saturated heterocycles. The molecule has 3 rings (SSSR count). The van der Waals surface area contributed by atoms with E-state index in [0.717, 1.165) is 6.42 Å². The molecule has 2 aromatic carbocycles. The molecule has 134 valence electrons. The fourth-order valence-corrected chi connectivity index (χ4v) is 3.72.